The van der Waals surface area contributed by atoms with Crippen LogP contribution in [0.3, 0.4) is 0 Å². The van der Waals surface area contributed by atoms with Crippen molar-refractivity contribution in [2.45, 2.75) is 12.8 Å². The van der Waals surface area contributed by atoms with Crippen LogP contribution < -0.4 is 5.43 Å². The molecule has 0 saturated carbocycles. The van der Waals surface area contributed by atoms with E-state index in [4.69, 9.17) is 12.2 Å². The Hall–Kier alpha value is 0.719. The Morgan fingerprint density at radius 3 is 2.30 bits per heavy atom. The van der Waals surface area contributed by atoms with Gasteiger partial charge in [-0.25, -0.2) is 5.01 Å². The third kappa shape index (κ3) is 3.78. The number of nitrogens with one attached hydrogen (secondary N) is 1. The molecule has 63 valence electrons. The molecule has 0 spiro atoms. The number of nitrogens with zero attached hydrogens (tertiary/aromatic N) is 1. The van der Waals surface area contributed by atoms with Crippen molar-refractivity contribution >= 4 is 29.2 Å². The molecule has 2 nitrogen and oxygen atoms in total. The molecule has 0 bridgehead atoms. The molecule has 0 atom stereocenters. The van der Waals surface area contributed by atoms with Gasteiger partial charge in [-0.2, -0.15) is 0 Å². The van der Waals surface area contributed by atoms with E-state index in [-0.39, 0.29) is 17.1 Å². The molecule has 1 fully saturated rings. The number of rotatable bonds is 1. The second kappa shape index (κ2) is 5.38. The minimum absolute atomic E-state index is 0. The molecule has 1 saturated heterocycles. The van der Waals surface area contributed by atoms with Crippen LogP contribution in [0.1, 0.15) is 12.8 Å². The van der Waals surface area contributed by atoms with Crippen LogP contribution in [0.15, 0.2) is 0 Å². The molecular weight excluding hydrogens is 216 g/mol. The smallest absolute Gasteiger partial charge is 0.145 e. The van der Waals surface area contributed by atoms with Gasteiger partial charge in [0.05, 0.1) is 0 Å². The van der Waals surface area contributed by atoms with Crippen LogP contribution in [-0.4, -0.2) is 22.4 Å². The molecule has 1 aliphatic rings. The van der Waals surface area contributed by atoms with Crippen LogP contribution in [0.5, 0.6) is 0 Å². The molecule has 1 aliphatic heterocycles. The van der Waals surface area contributed by atoms with Crippen LogP contribution in [0, 0.1) is 0 Å². The zero-order chi connectivity index (χ0) is 6.69. The summed E-state index contributed by atoms with van der Waals surface area (Å²) < 4.78 is 0.567. The summed E-state index contributed by atoms with van der Waals surface area (Å²) in [7, 11) is 0. The van der Waals surface area contributed by atoms with Crippen molar-refractivity contribution in [3.63, 3.8) is 0 Å². The van der Waals surface area contributed by atoms with Gasteiger partial charge in [0.25, 0.3) is 0 Å². The van der Waals surface area contributed by atoms with Crippen LogP contribution in [0.4, 0.5) is 0 Å². The fourth-order valence-electron chi connectivity index (χ4n) is 0.964. The topological polar surface area (TPSA) is 15.3 Å². The predicted molar refractivity (Wildman–Crippen MR) is 45.5 cm³/mol. The van der Waals surface area contributed by atoms with Gasteiger partial charge in [-0.15, -0.1) is 12.6 Å². The van der Waals surface area contributed by atoms with E-state index in [2.05, 4.69) is 23.1 Å². The molecule has 1 heterocycles. The second-order valence-corrected chi connectivity index (χ2v) is 3.27. The van der Waals surface area contributed by atoms with E-state index in [0.29, 0.717) is 4.32 Å². The predicted octanol–water partition coefficient (Wildman–Crippen LogP) is 0.799. The minimum Gasteiger partial charge on any atom is -0.304 e. The van der Waals surface area contributed by atoms with Gasteiger partial charge in [-0.3, -0.25) is 0 Å². The maximum Gasteiger partial charge on any atom is 0.145 e. The minimum atomic E-state index is 0. The summed E-state index contributed by atoms with van der Waals surface area (Å²) in [6.45, 7) is 2.20. The summed E-state index contributed by atoms with van der Waals surface area (Å²) in [4.78, 5) is 0. The maximum absolute atomic E-state index is 4.74. The van der Waals surface area contributed by atoms with Gasteiger partial charge in [0.15, 0.2) is 0 Å². The van der Waals surface area contributed by atoms with Crippen LogP contribution in [-0.2, 0) is 17.1 Å². The number of hydrogen-bond acceptors (Lipinski definition) is 2. The van der Waals surface area contributed by atoms with E-state index in [0.717, 1.165) is 13.1 Å². The van der Waals surface area contributed by atoms with Gasteiger partial charge in [0.2, 0.25) is 0 Å². The van der Waals surface area contributed by atoms with E-state index in [1.807, 2.05) is 0 Å². The fourth-order valence-corrected chi connectivity index (χ4v) is 1.23. The first kappa shape index (κ1) is 10.7. The van der Waals surface area contributed by atoms with Crippen molar-refractivity contribution in [3.8, 4) is 0 Å². The van der Waals surface area contributed by atoms with Gasteiger partial charge < -0.3 is 5.43 Å². The molecule has 1 rings (SSSR count). The van der Waals surface area contributed by atoms with Crippen molar-refractivity contribution < 1.29 is 17.1 Å². The molecule has 1 N–H and O–H groups in total. The molecule has 0 aromatic heterocycles. The van der Waals surface area contributed by atoms with Crippen LogP contribution >= 0.6 is 24.8 Å². The van der Waals surface area contributed by atoms with Gasteiger partial charge in [0.1, 0.15) is 4.32 Å². The summed E-state index contributed by atoms with van der Waals surface area (Å²) >= 11 is 8.70. The zero-order valence-electron chi connectivity index (χ0n) is 5.43. The zero-order valence-corrected chi connectivity index (χ0v) is 8.09. The maximum atomic E-state index is 4.74. The molecule has 0 amide bonds. The average molecular weight is 226 g/mol. The summed E-state index contributed by atoms with van der Waals surface area (Å²) in [6.07, 6.45) is 2.53. The van der Waals surface area contributed by atoms with Crippen molar-refractivity contribution in [3.05, 3.63) is 0 Å². The summed E-state index contributed by atoms with van der Waals surface area (Å²) in [6, 6.07) is 0. The standard InChI is InChI=1S/C5H10N2S2.Cu/c8-5(9)6-7-3-1-2-4-7;/h1-4H2,(H2,6,8,9);. The van der Waals surface area contributed by atoms with Crippen molar-refractivity contribution in [2.24, 2.45) is 0 Å². The number of thiocarbonyl (C=S) groups is 1. The molecule has 0 aromatic rings. The monoisotopic (exact) mass is 225 g/mol. The Labute approximate surface area is 82.6 Å². The Morgan fingerprint density at radius 2 is 1.90 bits per heavy atom. The van der Waals surface area contributed by atoms with E-state index in [9.17, 15) is 0 Å². The summed E-state index contributed by atoms with van der Waals surface area (Å²) in [5, 5.41) is 2.09. The summed E-state index contributed by atoms with van der Waals surface area (Å²) in [5.74, 6) is 0. The van der Waals surface area contributed by atoms with E-state index < -0.39 is 0 Å². The van der Waals surface area contributed by atoms with Gasteiger partial charge in [-0.1, -0.05) is 12.2 Å². The molecule has 1 radical (unpaired) electrons. The first-order valence-electron chi connectivity index (χ1n) is 3.03. The first-order valence-corrected chi connectivity index (χ1v) is 3.89. The Kier molecular flexibility index (Phi) is 5.77. The third-order valence-electron chi connectivity index (χ3n) is 1.36. The van der Waals surface area contributed by atoms with Gasteiger partial charge in [0, 0.05) is 30.2 Å². The SMILES string of the molecule is S=C(S)NN1CCCC1.[Cu]. The number of hydrazine groups is 1. The van der Waals surface area contributed by atoms with Crippen molar-refractivity contribution in [2.75, 3.05) is 13.1 Å². The second-order valence-electron chi connectivity index (χ2n) is 2.11. The number of thiol groups is 1. The summed E-state index contributed by atoms with van der Waals surface area (Å²) in [5.41, 5.74) is 2.97. The quantitative estimate of drug-likeness (QED) is 0.390. The largest absolute Gasteiger partial charge is 0.304 e. The van der Waals surface area contributed by atoms with E-state index >= 15 is 0 Å². The van der Waals surface area contributed by atoms with Crippen LogP contribution in [0.2, 0.25) is 0 Å². The molecule has 0 unspecified atom stereocenters. The van der Waals surface area contributed by atoms with Crippen molar-refractivity contribution in [1.29, 1.82) is 0 Å². The first-order chi connectivity index (χ1) is 4.29. The van der Waals surface area contributed by atoms with Gasteiger partial charge >= 0.3 is 0 Å². The Bertz CT molecular complexity index is 114. The fraction of sp³-hybridized carbons (Fsp3) is 0.800. The normalized spacial score (nSPS) is 18.1. The Morgan fingerprint density at radius 1 is 1.40 bits per heavy atom. The average Bonchev–Trinajstić information content (AvgIpc) is 2.15. The van der Waals surface area contributed by atoms with E-state index in [1.165, 1.54) is 12.8 Å². The number of hydrogen-bond donors (Lipinski definition) is 2. The molecule has 10 heavy (non-hydrogen) atoms. The molecular formula is C5H10CuN2S2. The molecule has 0 aliphatic carbocycles. The van der Waals surface area contributed by atoms with Gasteiger partial charge in [-0.05, 0) is 12.8 Å². The molecule has 5 heteroatoms. The van der Waals surface area contributed by atoms with Crippen molar-refractivity contribution in [1.82, 2.24) is 10.4 Å². The van der Waals surface area contributed by atoms with E-state index in [1.54, 1.807) is 0 Å². The molecule has 0 aromatic carbocycles. The van der Waals surface area contributed by atoms with Crippen LogP contribution in [0.25, 0.3) is 0 Å². The third-order valence-corrected chi connectivity index (χ3v) is 1.55. The Balaban J connectivity index is 0.000000810.